The summed E-state index contributed by atoms with van der Waals surface area (Å²) in [6, 6.07) is 10.2. The molecule has 10 heteroatoms. The molecule has 3 N–H and O–H groups in total. The number of amides is 2. The first-order valence-electron chi connectivity index (χ1n) is 10.9. The Balaban J connectivity index is 1.64. The highest BCUT2D eigenvalue weighted by Crippen LogP contribution is 2.32. The third kappa shape index (κ3) is 6.32. The van der Waals surface area contributed by atoms with Gasteiger partial charge >= 0.3 is 5.97 Å². The van der Waals surface area contributed by atoms with Gasteiger partial charge in [-0.25, -0.2) is 4.79 Å². The molecular weight excluding hydrogens is 493 g/mol. The fourth-order valence-electron chi connectivity index (χ4n) is 3.44. The van der Waals surface area contributed by atoms with Crippen LogP contribution in [0.4, 0.5) is 5.69 Å². The predicted molar refractivity (Wildman–Crippen MR) is 135 cm³/mol. The summed E-state index contributed by atoms with van der Waals surface area (Å²) in [5.74, 6) is -2.19. The zero-order valence-electron chi connectivity index (χ0n) is 19.8. The second-order valence-corrected chi connectivity index (χ2v) is 10.4. The lowest BCUT2D eigenvalue weighted by Crippen LogP contribution is -2.52. The van der Waals surface area contributed by atoms with Gasteiger partial charge in [0.25, 0.3) is 11.8 Å². The Morgan fingerprint density at radius 2 is 1.71 bits per heavy atom. The average molecular weight is 520 g/mol. The summed E-state index contributed by atoms with van der Waals surface area (Å²) in [5.41, 5.74) is 0.482. The Kier molecular flexibility index (Phi) is 7.77. The molecule has 3 rings (SSSR count). The van der Waals surface area contributed by atoms with E-state index < -0.39 is 29.4 Å². The van der Waals surface area contributed by atoms with Crippen LogP contribution in [0.25, 0.3) is 0 Å². The summed E-state index contributed by atoms with van der Waals surface area (Å²) in [6.45, 7) is 7.49. The lowest BCUT2D eigenvalue weighted by atomic mass is 9.83. The third-order valence-electron chi connectivity index (χ3n) is 5.65. The lowest BCUT2D eigenvalue weighted by molar-refractivity contribution is -0.148. The number of rotatable bonds is 7. The molecule has 35 heavy (non-hydrogen) atoms. The quantitative estimate of drug-likeness (QED) is 0.478. The van der Waals surface area contributed by atoms with Gasteiger partial charge in [0.2, 0.25) is 5.60 Å². The minimum absolute atomic E-state index is 0.0364. The first-order valence-corrected chi connectivity index (χ1v) is 11.7. The molecule has 0 saturated carbocycles. The molecule has 0 bridgehead atoms. The smallest absolute Gasteiger partial charge is 0.326 e. The molecule has 186 valence electrons. The van der Waals surface area contributed by atoms with Crippen molar-refractivity contribution >= 4 is 52.4 Å². The Labute approximate surface area is 213 Å². The van der Waals surface area contributed by atoms with Crippen molar-refractivity contribution in [1.82, 2.24) is 5.32 Å². The molecule has 1 heterocycles. The van der Waals surface area contributed by atoms with Gasteiger partial charge in [-0.3, -0.25) is 9.59 Å². The number of carboxylic acid groups (broad SMARTS) is 1. The van der Waals surface area contributed by atoms with Crippen LogP contribution < -0.4 is 10.6 Å². The lowest BCUT2D eigenvalue weighted by Gasteiger charge is -2.24. The van der Waals surface area contributed by atoms with Crippen molar-refractivity contribution in [3.63, 3.8) is 0 Å². The van der Waals surface area contributed by atoms with Crippen molar-refractivity contribution in [2.45, 2.75) is 52.2 Å². The molecule has 2 aromatic rings. The molecule has 0 aromatic heterocycles. The van der Waals surface area contributed by atoms with Crippen LogP contribution in [-0.4, -0.2) is 40.2 Å². The molecule has 0 spiro atoms. The first-order chi connectivity index (χ1) is 16.3. The maximum absolute atomic E-state index is 12.9. The number of nitrogens with one attached hydrogen (secondary N) is 2. The monoisotopic (exact) mass is 519 g/mol. The number of hydrogen-bond donors (Lipinski definition) is 3. The Morgan fingerprint density at radius 3 is 2.23 bits per heavy atom. The molecule has 8 nitrogen and oxygen atoms in total. The second kappa shape index (κ2) is 10.3. The SMILES string of the molecule is CC(C)(C)C1=NOC(C)(C(=O)NC(Cc2ccc(NC(=O)c3c(Cl)cccc3Cl)cc2)C(=O)O)C1. The van der Waals surface area contributed by atoms with Crippen molar-refractivity contribution < 1.29 is 24.3 Å². The van der Waals surface area contributed by atoms with Gasteiger partial charge in [0.15, 0.2) is 0 Å². The number of halogens is 2. The normalized spacial score (nSPS) is 18.3. The van der Waals surface area contributed by atoms with Crippen LogP contribution in [0.3, 0.4) is 0 Å². The van der Waals surface area contributed by atoms with Crippen LogP contribution >= 0.6 is 23.2 Å². The van der Waals surface area contributed by atoms with E-state index in [1.54, 1.807) is 49.4 Å². The topological polar surface area (TPSA) is 117 Å². The highest BCUT2D eigenvalue weighted by Gasteiger charge is 2.45. The van der Waals surface area contributed by atoms with Crippen molar-refractivity contribution in [2.75, 3.05) is 5.32 Å². The number of aliphatic carboxylic acids is 1. The van der Waals surface area contributed by atoms with E-state index in [0.717, 1.165) is 5.71 Å². The van der Waals surface area contributed by atoms with Gasteiger partial charge in [-0.2, -0.15) is 0 Å². The molecular formula is C25H27Cl2N3O5. The number of carbonyl (C=O) groups is 3. The van der Waals surface area contributed by atoms with Gasteiger partial charge in [0, 0.05) is 23.9 Å². The largest absolute Gasteiger partial charge is 0.480 e. The third-order valence-corrected chi connectivity index (χ3v) is 6.28. The second-order valence-electron chi connectivity index (χ2n) is 9.60. The van der Waals surface area contributed by atoms with Crippen LogP contribution in [-0.2, 0) is 20.8 Å². The minimum Gasteiger partial charge on any atom is -0.480 e. The van der Waals surface area contributed by atoms with Crippen LogP contribution in [0, 0.1) is 5.41 Å². The minimum atomic E-state index is -1.27. The van der Waals surface area contributed by atoms with Gasteiger partial charge in [0.05, 0.1) is 21.3 Å². The molecule has 2 unspecified atom stereocenters. The molecule has 2 atom stereocenters. The van der Waals surface area contributed by atoms with E-state index in [1.165, 1.54) is 0 Å². The van der Waals surface area contributed by atoms with E-state index >= 15 is 0 Å². The maximum Gasteiger partial charge on any atom is 0.326 e. The van der Waals surface area contributed by atoms with Crippen molar-refractivity contribution in [2.24, 2.45) is 10.6 Å². The predicted octanol–water partition coefficient (Wildman–Crippen LogP) is 4.94. The van der Waals surface area contributed by atoms with E-state index in [2.05, 4.69) is 15.8 Å². The zero-order chi connectivity index (χ0) is 26.0. The van der Waals surface area contributed by atoms with Gasteiger partial charge in [-0.05, 0) is 36.8 Å². The highest BCUT2D eigenvalue weighted by atomic mass is 35.5. The van der Waals surface area contributed by atoms with Crippen molar-refractivity contribution in [1.29, 1.82) is 0 Å². The number of hydrogen-bond acceptors (Lipinski definition) is 5. The van der Waals surface area contributed by atoms with Gasteiger partial charge in [0.1, 0.15) is 6.04 Å². The number of carboxylic acids is 1. The van der Waals surface area contributed by atoms with Crippen LogP contribution in [0.1, 0.15) is 50.0 Å². The Hall–Kier alpha value is -3.10. The van der Waals surface area contributed by atoms with Crippen LogP contribution in [0.2, 0.25) is 10.0 Å². The summed E-state index contributed by atoms with van der Waals surface area (Å²) in [6.07, 6.45) is 0.313. The fraction of sp³-hybridized carbons (Fsp3) is 0.360. The van der Waals surface area contributed by atoms with Gasteiger partial charge in [-0.1, -0.05) is 67.3 Å². The van der Waals surface area contributed by atoms with Crippen LogP contribution in [0.5, 0.6) is 0 Å². The molecule has 0 aliphatic carbocycles. The number of nitrogens with zero attached hydrogens (tertiary/aromatic N) is 1. The standard InChI is InChI=1S/C25H27Cl2N3O5/c1-24(2,3)19-13-25(4,35-30-19)23(34)29-18(22(32)33)12-14-8-10-15(11-9-14)28-21(31)20-16(26)6-5-7-17(20)27/h5-11,18H,12-13H2,1-4H3,(H,28,31)(H,29,34)(H,32,33). The van der Waals surface area contributed by atoms with Gasteiger partial charge < -0.3 is 20.6 Å². The molecule has 2 amide bonds. The van der Waals surface area contributed by atoms with E-state index in [9.17, 15) is 19.5 Å². The summed E-state index contributed by atoms with van der Waals surface area (Å²) >= 11 is 12.2. The first kappa shape index (κ1) is 26.5. The number of anilines is 1. The van der Waals surface area contributed by atoms with Crippen molar-refractivity contribution in [3.8, 4) is 0 Å². The summed E-state index contributed by atoms with van der Waals surface area (Å²) in [4.78, 5) is 42.7. The fourth-order valence-corrected chi connectivity index (χ4v) is 4.01. The average Bonchev–Trinajstić information content (AvgIpc) is 3.18. The van der Waals surface area contributed by atoms with Crippen molar-refractivity contribution in [3.05, 3.63) is 63.6 Å². The van der Waals surface area contributed by atoms with E-state index in [-0.39, 0.29) is 33.9 Å². The Morgan fingerprint density at radius 1 is 1.11 bits per heavy atom. The summed E-state index contributed by atoms with van der Waals surface area (Å²) < 4.78 is 0. The molecule has 0 radical (unpaired) electrons. The number of oxime groups is 1. The van der Waals surface area contributed by atoms with Crippen LogP contribution in [0.15, 0.2) is 47.6 Å². The maximum atomic E-state index is 12.9. The van der Waals surface area contributed by atoms with E-state index in [1.807, 2.05) is 20.8 Å². The van der Waals surface area contributed by atoms with E-state index in [4.69, 9.17) is 28.0 Å². The number of benzene rings is 2. The molecule has 0 saturated heterocycles. The number of carbonyl (C=O) groups excluding carboxylic acids is 2. The molecule has 1 aliphatic rings. The molecule has 1 aliphatic heterocycles. The Bertz CT molecular complexity index is 1150. The molecule has 0 fully saturated rings. The van der Waals surface area contributed by atoms with E-state index in [0.29, 0.717) is 11.3 Å². The highest BCUT2D eigenvalue weighted by molar-refractivity contribution is 6.40. The molecule has 2 aromatic carbocycles. The zero-order valence-corrected chi connectivity index (χ0v) is 21.3. The van der Waals surface area contributed by atoms with Gasteiger partial charge in [-0.15, -0.1) is 0 Å². The summed E-state index contributed by atoms with van der Waals surface area (Å²) in [5, 5.41) is 19.4. The summed E-state index contributed by atoms with van der Waals surface area (Å²) in [7, 11) is 0.